The Labute approximate surface area is 183 Å². The second-order valence-electron chi connectivity index (χ2n) is 7.00. The van der Waals surface area contributed by atoms with Gasteiger partial charge < -0.3 is 9.84 Å². The molecule has 0 aliphatic rings. The van der Waals surface area contributed by atoms with Crippen molar-refractivity contribution in [1.29, 1.82) is 0 Å². The molecule has 2 aromatic carbocycles. The van der Waals surface area contributed by atoms with Crippen LogP contribution >= 0.6 is 0 Å². The molecule has 170 valence electrons. The number of tetrazole rings is 1. The van der Waals surface area contributed by atoms with Gasteiger partial charge in [0, 0.05) is 17.7 Å². The number of pyridine rings is 1. The van der Waals surface area contributed by atoms with E-state index in [1.165, 1.54) is 18.2 Å². The van der Waals surface area contributed by atoms with E-state index in [0.717, 1.165) is 41.5 Å². The Bertz CT molecular complexity index is 1250. The van der Waals surface area contributed by atoms with E-state index in [2.05, 4.69) is 20.5 Å². The third-order valence-electron chi connectivity index (χ3n) is 4.77. The number of hydrogen-bond acceptors (Lipinski definition) is 6. The first-order valence-electron chi connectivity index (χ1n) is 9.35. The number of benzene rings is 2. The quantitative estimate of drug-likeness (QED) is 0.418. The van der Waals surface area contributed by atoms with Crippen molar-refractivity contribution in [3.05, 3.63) is 95.8 Å². The number of halogens is 5. The Kier molecular flexibility index (Phi) is 5.77. The lowest BCUT2D eigenvalue weighted by Gasteiger charge is -2.35. The minimum atomic E-state index is -4.20. The van der Waals surface area contributed by atoms with Crippen molar-refractivity contribution in [2.45, 2.75) is 18.1 Å². The molecule has 2 aromatic heterocycles. The van der Waals surface area contributed by atoms with Crippen molar-refractivity contribution in [3.8, 4) is 11.5 Å². The molecule has 2 heterocycles. The van der Waals surface area contributed by atoms with E-state index >= 15 is 8.78 Å². The third kappa shape index (κ3) is 4.37. The van der Waals surface area contributed by atoms with Crippen molar-refractivity contribution in [2.75, 3.05) is 0 Å². The number of nitrogens with zero attached hydrogens (tertiary/aromatic N) is 5. The summed E-state index contributed by atoms with van der Waals surface area (Å²) in [5.41, 5.74) is -5.07. The molecule has 0 amide bonds. The maximum atomic E-state index is 15.6. The first-order chi connectivity index (χ1) is 15.7. The normalized spacial score (nSPS) is 13.5. The zero-order valence-electron chi connectivity index (χ0n) is 16.5. The third-order valence-corrected chi connectivity index (χ3v) is 4.77. The van der Waals surface area contributed by atoms with Gasteiger partial charge in [-0.3, -0.25) is 4.98 Å². The summed E-state index contributed by atoms with van der Waals surface area (Å²) >= 11 is 0. The van der Waals surface area contributed by atoms with Crippen molar-refractivity contribution < 1.29 is 31.8 Å². The van der Waals surface area contributed by atoms with Gasteiger partial charge in [0.2, 0.25) is 0 Å². The zero-order valence-corrected chi connectivity index (χ0v) is 16.5. The molecule has 0 aliphatic carbocycles. The second-order valence-corrected chi connectivity index (χ2v) is 7.00. The van der Waals surface area contributed by atoms with Gasteiger partial charge in [-0.1, -0.05) is 6.07 Å². The standard InChI is InChI=1S/C21H14F5N5O2/c22-13-2-1-3-15(8-13)33-16-5-7-19(27-10-16)21(25,26)20(32,11-31-12-28-29-30-31)17-6-4-14(23)9-18(17)24/h1-10,12,32H,11H2. The van der Waals surface area contributed by atoms with Crippen LogP contribution in [-0.4, -0.2) is 30.3 Å². The molecule has 0 spiro atoms. The maximum absolute atomic E-state index is 15.6. The first kappa shape index (κ1) is 22.3. The van der Waals surface area contributed by atoms with Crippen LogP contribution in [0.2, 0.25) is 0 Å². The van der Waals surface area contributed by atoms with Crippen LogP contribution in [0.1, 0.15) is 11.3 Å². The Hall–Kier alpha value is -3.93. The number of ether oxygens (including phenoxy) is 1. The fourth-order valence-corrected chi connectivity index (χ4v) is 3.17. The summed E-state index contributed by atoms with van der Waals surface area (Å²) in [6.45, 7) is -0.973. The summed E-state index contributed by atoms with van der Waals surface area (Å²) in [4.78, 5) is 3.65. The minimum absolute atomic E-state index is 0.0112. The lowest BCUT2D eigenvalue weighted by Crippen LogP contribution is -2.48. The molecule has 7 nitrogen and oxygen atoms in total. The Balaban J connectivity index is 1.71. The van der Waals surface area contributed by atoms with Crippen LogP contribution in [-0.2, 0) is 18.1 Å². The number of aliphatic hydroxyl groups is 1. The predicted molar refractivity (Wildman–Crippen MR) is 103 cm³/mol. The fraction of sp³-hybridized carbons (Fsp3) is 0.143. The SMILES string of the molecule is OC(Cn1cnnn1)(c1ccc(F)cc1F)C(F)(F)c1ccc(Oc2cccc(F)c2)cn1. The number of aromatic nitrogens is 5. The average Bonchev–Trinajstić information content (AvgIpc) is 3.27. The van der Waals surface area contributed by atoms with Crippen molar-refractivity contribution in [1.82, 2.24) is 25.2 Å². The summed E-state index contributed by atoms with van der Waals surface area (Å²) in [5, 5.41) is 21.2. The van der Waals surface area contributed by atoms with Gasteiger partial charge in [0.1, 0.15) is 41.0 Å². The van der Waals surface area contributed by atoms with Gasteiger partial charge in [-0.25, -0.2) is 17.9 Å². The van der Waals surface area contributed by atoms with E-state index < -0.39 is 46.8 Å². The molecule has 0 aliphatic heterocycles. The van der Waals surface area contributed by atoms with Crippen LogP contribution in [0.25, 0.3) is 0 Å². The minimum Gasteiger partial charge on any atom is -0.456 e. The van der Waals surface area contributed by atoms with Crippen molar-refractivity contribution >= 4 is 0 Å². The Morgan fingerprint density at radius 1 is 0.939 bits per heavy atom. The van der Waals surface area contributed by atoms with Gasteiger partial charge in [-0.15, -0.1) is 5.10 Å². The summed E-state index contributed by atoms with van der Waals surface area (Å²) in [6.07, 6.45) is 1.89. The van der Waals surface area contributed by atoms with Gasteiger partial charge in [0.15, 0.2) is 5.60 Å². The van der Waals surface area contributed by atoms with E-state index in [4.69, 9.17) is 4.74 Å². The van der Waals surface area contributed by atoms with Gasteiger partial charge in [-0.2, -0.15) is 8.78 Å². The molecule has 1 unspecified atom stereocenters. The largest absolute Gasteiger partial charge is 0.456 e. The Morgan fingerprint density at radius 3 is 2.36 bits per heavy atom. The molecular weight excluding hydrogens is 449 g/mol. The van der Waals surface area contributed by atoms with Crippen molar-refractivity contribution in [3.63, 3.8) is 0 Å². The summed E-state index contributed by atoms with van der Waals surface area (Å²) < 4.78 is 78.6. The zero-order chi connectivity index (χ0) is 23.6. The summed E-state index contributed by atoms with van der Waals surface area (Å²) in [6, 6.07) is 8.96. The highest BCUT2D eigenvalue weighted by molar-refractivity contribution is 5.34. The van der Waals surface area contributed by atoms with Crippen LogP contribution in [0.5, 0.6) is 11.5 Å². The smallest absolute Gasteiger partial charge is 0.323 e. The van der Waals surface area contributed by atoms with Crippen LogP contribution in [0.3, 0.4) is 0 Å². The van der Waals surface area contributed by atoms with Gasteiger partial charge in [-0.05, 0) is 46.8 Å². The van der Waals surface area contributed by atoms with E-state index in [9.17, 15) is 18.3 Å². The molecule has 1 N–H and O–H groups in total. The van der Waals surface area contributed by atoms with Crippen LogP contribution in [0, 0.1) is 17.5 Å². The lowest BCUT2D eigenvalue weighted by molar-refractivity contribution is -0.207. The molecule has 0 fully saturated rings. The summed E-state index contributed by atoms with van der Waals surface area (Å²) in [7, 11) is 0. The molecule has 0 radical (unpaired) electrons. The van der Waals surface area contributed by atoms with E-state index in [-0.39, 0.29) is 11.5 Å². The molecule has 4 aromatic rings. The van der Waals surface area contributed by atoms with Crippen molar-refractivity contribution in [2.24, 2.45) is 0 Å². The fourth-order valence-electron chi connectivity index (χ4n) is 3.17. The lowest BCUT2D eigenvalue weighted by atomic mass is 9.84. The monoisotopic (exact) mass is 463 g/mol. The van der Waals surface area contributed by atoms with E-state index in [0.29, 0.717) is 12.1 Å². The highest BCUT2D eigenvalue weighted by Crippen LogP contribution is 2.46. The van der Waals surface area contributed by atoms with Gasteiger partial charge in [0.05, 0.1) is 12.7 Å². The molecular formula is C21H14F5N5O2. The highest BCUT2D eigenvalue weighted by atomic mass is 19.3. The average molecular weight is 463 g/mol. The summed E-state index contributed by atoms with van der Waals surface area (Å²) in [5.74, 6) is -7.04. The second kappa shape index (κ2) is 8.54. The van der Waals surface area contributed by atoms with Gasteiger partial charge >= 0.3 is 5.92 Å². The van der Waals surface area contributed by atoms with Crippen LogP contribution < -0.4 is 4.74 Å². The van der Waals surface area contributed by atoms with E-state index in [1.807, 2.05) is 0 Å². The topological polar surface area (TPSA) is 86.0 Å². The van der Waals surface area contributed by atoms with Crippen LogP contribution in [0.15, 0.2) is 67.1 Å². The van der Waals surface area contributed by atoms with Crippen LogP contribution in [0.4, 0.5) is 22.0 Å². The number of hydrogen-bond donors (Lipinski definition) is 1. The number of alkyl halides is 2. The highest BCUT2D eigenvalue weighted by Gasteiger charge is 2.58. The molecule has 4 rings (SSSR count). The maximum Gasteiger partial charge on any atom is 0.323 e. The molecule has 0 bridgehead atoms. The molecule has 0 saturated carbocycles. The van der Waals surface area contributed by atoms with Gasteiger partial charge in [0.25, 0.3) is 0 Å². The number of rotatable bonds is 7. The molecule has 1 atom stereocenters. The Morgan fingerprint density at radius 2 is 1.73 bits per heavy atom. The molecule has 12 heteroatoms. The molecule has 0 saturated heterocycles. The van der Waals surface area contributed by atoms with E-state index in [1.54, 1.807) is 0 Å². The molecule has 33 heavy (non-hydrogen) atoms. The first-order valence-corrected chi connectivity index (χ1v) is 9.35. The predicted octanol–water partition coefficient (Wildman–Crippen LogP) is 3.96.